The number of carbonyl (C=O) groups excluding carboxylic acids is 1. The van der Waals surface area contributed by atoms with Crippen LogP contribution in [0.1, 0.15) is 51.9 Å². The molecule has 0 aromatic heterocycles. The molecule has 0 bridgehead atoms. The molecule has 1 saturated heterocycles. The van der Waals surface area contributed by atoms with Gasteiger partial charge in [-0.1, -0.05) is 25.7 Å². The van der Waals surface area contributed by atoms with Crippen LogP contribution in [0.4, 0.5) is 0 Å². The van der Waals surface area contributed by atoms with Gasteiger partial charge in [0.2, 0.25) is 0 Å². The Balaban J connectivity index is 0.00000112. The lowest BCUT2D eigenvalue weighted by Gasteiger charge is -2.33. The van der Waals surface area contributed by atoms with E-state index in [1.165, 1.54) is 38.5 Å². The molecule has 1 unspecified atom stereocenters. The Labute approximate surface area is 98.6 Å². The van der Waals surface area contributed by atoms with Crippen LogP contribution in [0.15, 0.2) is 0 Å². The Morgan fingerprint density at radius 2 is 1.80 bits per heavy atom. The van der Waals surface area contributed by atoms with E-state index < -0.39 is 0 Å². The third-order valence-electron chi connectivity index (χ3n) is 4.01. The molecule has 0 amide bonds. The molecular weight excluding hydrogens is 210 g/mol. The van der Waals surface area contributed by atoms with Crippen molar-refractivity contribution in [3.05, 3.63) is 0 Å². The van der Waals surface area contributed by atoms with Crippen molar-refractivity contribution in [3.8, 4) is 0 Å². The molecule has 1 atom stereocenters. The standard InChI is InChI=1S/C12H21NO.ClH/c1-12(8-11(14)9-13-12)10-6-4-2-3-5-7-10;/h10,13H,2-9H2,1H3;1H. The van der Waals surface area contributed by atoms with Gasteiger partial charge >= 0.3 is 0 Å². The van der Waals surface area contributed by atoms with E-state index >= 15 is 0 Å². The first-order valence-corrected chi connectivity index (χ1v) is 5.97. The van der Waals surface area contributed by atoms with Crippen molar-refractivity contribution in [1.29, 1.82) is 0 Å². The maximum Gasteiger partial charge on any atom is 0.148 e. The van der Waals surface area contributed by atoms with Crippen LogP contribution in [0.3, 0.4) is 0 Å². The van der Waals surface area contributed by atoms with Crippen LogP contribution in [-0.4, -0.2) is 17.9 Å². The molecule has 2 fully saturated rings. The highest BCUT2D eigenvalue weighted by Gasteiger charge is 2.39. The summed E-state index contributed by atoms with van der Waals surface area (Å²) < 4.78 is 0. The van der Waals surface area contributed by atoms with E-state index in [2.05, 4.69) is 12.2 Å². The zero-order valence-corrected chi connectivity index (χ0v) is 10.4. The number of hydrogen-bond acceptors (Lipinski definition) is 2. The van der Waals surface area contributed by atoms with Crippen LogP contribution >= 0.6 is 12.4 Å². The summed E-state index contributed by atoms with van der Waals surface area (Å²) >= 11 is 0. The van der Waals surface area contributed by atoms with Crippen LogP contribution in [0.5, 0.6) is 0 Å². The zero-order valence-electron chi connectivity index (χ0n) is 9.55. The molecule has 0 spiro atoms. The number of halogens is 1. The van der Waals surface area contributed by atoms with Crippen molar-refractivity contribution in [2.75, 3.05) is 6.54 Å². The first kappa shape index (κ1) is 13.0. The second-order valence-electron chi connectivity index (χ2n) is 5.17. The van der Waals surface area contributed by atoms with Crippen molar-refractivity contribution in [3.63, 3.8) is 0 Å². The number of ketones is 1. The fourth-order valence-corrected chi connectivity index (χ4v) is 3.04. The van der Waals surface area contributed by atoms with Gasteiger partial charge in [-0.05, 0) is 25.7 Å². The van der Waals surface area contributed by atoms with Gasteiger partial charge in [-0.15, -0.1) is 12.4 Å². The van der Waals surface area contributed by atoms with Crippen molar-refractivity contribution < 1.29 is 4.79 Å². The average molecular weight is 232 g/mol. The van der Waals surface area contributed by atoms with Gasteiger partial charge in [0.25, 0.3) is 0 Å². The summed E-state index contributed by atoms with van der Waals surface area (Å²) in [5.41, 5.74) is 0.126. The van der Waals surface area contributed by atoms with E-state index in [-0.39, 0.29) is 17.9 Å². The Hall–Kier alpha value is -0.0800. The van der Waals surface area contributed by atoms with Crippen LogP contribution in [-0.2, 0) is 4.79 Å². The van der Waals surface area contributed by atoms with Crippen molar-refractivity contribution in [2.24, 2.45) is 5.92 Å². The van der Waals surface area contributed by atoms with Gasteiger partial charge in [-0.25, -0.2) is 0 Å². The lowest BCUT2D eigenvalue weighted by molar-refractivity contribution is -0.116. The summed E-state index contributed by atoms with van der Waals surface area (Å²) in [6, 6.07) is 0. The molecule has 0 aromatic rings. The summed E-state index contributed by atoms with van der Waals surface area (Å²) in [6.07, 6.45) is 8.89. The number of Topliss-reactive ketones (excluding diaryl/α,β-unsaturated/α-hetero) is 1. The summed E-state index contributed by atoms with van der Waals surface area (Å²) in [7, 11) is 0. The summed E-state index contributed by atoms with van der Waals surface area (Å²) in [4.78, 5) is 11.3. The Morgan fingerprint density at radius 1 is 1.20 bits per heavy atom. The smallest absolute Gasteiger partial charge is 0.148 e. The third-order valence-corrected chi connectivity index (χ3v) is 4.01. The molecule has 1 N–H and O–H groups in total. The van der Waals surface area contributed by atoms with Gasteiger partial charge in [0.05, 0.1) is 6.54 Å². The van der Waals surface area contributed by atoms with Crippen LogP contribution in [0.2, 0.25) is 0 Å². The lowest BCUT2D eigenvalue weighted by atomic mass is 9.79. The van der Waals surface area contributed by atoms with E-state index in [4.69, 9.17) is 0 Å². The first-order valence-electron chi connectivity index (χ1n) is 5.97. The number of nitrogens with one attached hydrogen (secondary N) is 1. The van der Waals surface area contributed by atoms with E-state index in [1.54, 1.807) is 0 Å². The number of carbonyl (C=O) groups is 1. The topological polar surface area (TPSA) is 29.1 Å². The van der Waals surface area contributed by atoms with Gasteiger partial charge in [0, 0.05) is 12.0 Å². The van der Waals surface area contributed by atoms with Gasteiger partial charge < -0.3 is 5.32 Å². The summed E-state index contributed by atoms with van der Waals surface area (Å²) in [6.45, 7) is 2.85. The molecule has 1 aliphatic heterocycles. The molecule has 15 heavy (non-hydrogen) atoms. The van der Waals surface area contributed by atoms with Crippen LogP contribution in [0, 0.1) is 5.92 Å². The largest absolute Gasteiger partial charge is 0.304 e. The lowest BCUT2D eigenvalue weighted by Crippen LogP contribution is -2.43. The monoisotopic (exact) mass is 231 g/mol. The van der Waals surface area contributed by atoms with E-state index in [0.29, 0.717) is 12.3 Å². The molecule has 3 heteroatoms. The minimum atomic E-state index is 0. The molecule has 2 rings (SSSR count). The Bertz CT molecular complexity index is 224. The highest BCUT2D eigenvalue weighted by molar-refractivity contribution is 5.85. The SMILES string of the molecule is CC1(C2CCCCCC2)CC(=O)CN1.Cl. The predicted molar refractivity (Wildman–Crippen MR) is 64.5 cm³/mol. The molecule has 1 heterocycles. The molecule has 2 aliphatic rings. The van der Waals surface area contributed by atoms with Gasteiger partial charge in [-0.3, -0.25) is 4.79 Å². The molecular formula is C12H22ClNO. The normalized spacial score (nSPS) is 33.5. The van der Waals surface area contributed by atoms with E-state index in [1.807, 2.05) is 0 Å². The molecule has 1 saturated carbocycles. The number of hydrogen-bond donors (Lipinski definition) is 1. The zero-order chi connectivity index (χ0) is 10.0. The average Bonchev–Trinajstić information content (AvgIpc) is 2.45. The van der Waals surface area contributed by atoms with E-state index in [0.717, 1.165) is 12.3 Å². The maximum absolute atomic E-state index is 11.3. The van der Waals surface area contributed by atoms with Crippen LogP contribution < -0.4 is 5.32 Å². The second-order valence-corrected chi connectivity index (χ2v) is 5.17. The molecule has 0 aromatic carbocycles. The van der Waals surface area contributed by atoms with Gasteiger partial charge in [0.1, 0.15) is 5.78 Å². The molecule has 2 nitrogen and oxygen atoms in total. The van der Waals surface area contributed by atoms with Crippen LogP contribution in [0.25, 0.3) is 0 Å². The quantitative estimate of drug-likeness (QED) is 0.704. The maximum atomic E-state index is 11.3. The van der Waals surface area contributed by atoms with Gasteiger partial charge in [0.15, 0.2) is 0 Å². The molecule has 0 radical (unpaired) electrons. The highest BCUT2D eigenvalue weighted by atomic mass is 35.5. The first-order chi connectivity index (χ1) is 6.71. The van der Waals surface area contributed by atoms with Gasteiger partial charge in [-0.2, -0.15) is 0 Å². The summed E-state index contributed by atoms with van der Waals surface area (Å²) in [5.74, 6) is 1.13. The third kappa shape index (κ3) is 2.94. The van der Waals surface area contributed by atoms with Crippen molar-refractivity contribution in [1.82, 2.24) is 5.32 Å². The highest BCUT2D eigenvalue weighted by Crippen LogP contribution is 2.35. The second kappa shape index (κ2) is 5.31. The van der Waals surface area contributed by atoms with Crippen molar-refractivity contribution in [2.45, 2.75) is 57.4 Å². The fourth-order valence-electron chi connectivity index (χ4n) is 3.04. The minimum Gasteiger partial charge on any atom is -0.304 e. The van der Waals surface area contributed by atoms with E-state index in [9.17, 15) is 4.79 Å². The molecule has 1 aliphatic carbocycles. The fraction of sp³-hybridized carbons (Fsp3) is 0.917. The Morgan fingerprint density at radius 3 is 2.27 bits per heavy atom. The minimum absolute atomic E-state index is 0. The molecule has 88 valence electrons. The van der Waals surface area contributed by atoms with Crippen molar-refractivity contribution >= 4 is 18.2 Å². The Kier molecular flexibility index (Phi) is 4.60. The number of rotatable bonds is 1. The summed E-state index contributed by atoms with van der Waals surface area (Å²) in [5, 5.41) is 3.43. The predicted octanol–water partition coefficient (Wildman–Crippen LogP) is 2.70.